The summed E-state index contributed by atoms with van der Waals surface area (Å²) >= 11 is 0. The molecule has 0 amide bonds. The van der Waals surface area contributed by atoms with Crippen molar-refractivity contribution in [3.05, 3.63) is 23.8 Å². The van der Waals surface area contributed by atoms with Crippen LogP contribution in [-0.2, 0) is 10.0 Å². The Labute approximate surface area is 125 Å². The molecule has 118 valence electrons. The molecular weight excluding hydrogens is 294 g/mol. The maximum absolute atomic E-state index is 12.0. The third kappa shape index (κ3) is 4.18. The first-order valence-electron chi connectivity index (χ1n) is 6.66. The normalized spacial score (nSPS) is 13.2. The fourth-order valence-corrected chi connectivity index (χ4v) is 2.76. The van der Waals surface area contributed by atoms with Gasteiger partial charge in [0.25, 0.3) is 0 Å². The van der Waals surface area contributed by atoms with Crippen molar-refractivity contribution in [3.63, 3.8) is 0 Å². The largest absolute Gasteiger partial charge is 0.490 e. The summed E-state index contributed by atoms with van der Waals surface area (Å²) in [6.07, 6.45) is 1.57. The van der Waals surface area contributed by atoms with E-state index in [2.05, 4.69) is 0 Å². The Balaban J connectivity index is 3.23. The summed E-state index contributed by atoms with van der Waals surface area (Å²) in [6.45, 7) is 3.85. The van der Waals surface area contributed by atoms with Gasteiger partial charge in [0, 0.05) is 14.1 Å². The second-order valence-corrected chi connectivity index (χ2v) is 7.12. The van der Waals surface area contributed by atoms with Crippen LogP contribution in [0.25, 0.3) is 0 Å². The van der Waals surface area contributed by atoms with Gasteiger partial charge < -0.3 is 9.84 Å². The summed E-state index contributed by atoms with van der Waals surface area (Å²) < 4.78 is 30.7. The van der Waals surface area contributed by atoms with Crippen LogP contribution in [0.3, 0.4) is 0 Å². The van der Waals surface area contributed by atoms with Gasteiger partial charge in [0.1, 0.15) is 11.3 Å². The number of aromatic carboxylic acids is 1. The summed E-state index contributed by atoms with van der Waals surface area (Å²) in [5, 5.41) is 9.25. The molecule has 21 heavy (non-hydrogen) atoms. The van der Waals surface area contributed by atoms with Crippen molar-refractivity contribution in [1.82, 2.24) is 4.31 Å². The maximum atomic E-state index is 12.0. The number of carbonyl (C=O) groups is 1. The van der Waals surface area contributed by atoms with E-state index in [1.54, 1.807) is 0 Å². The molecule has 1 aromatic rings. The number of nitrogens with zero attached hydrogens (tertiary/aromatic N) is 1. The second kappa shape index (κ2) is 6.91. The molecule has 6 nitrogen and oxygen atoms in total. The van der Waals surface area contributed by atoms with Gasteiger partial charge in [-0.05, 0) is 31.5 Å². The topological polar surface area (TPSA) is 83.9 Å². The standard InChI is InChI=1S/C14H21NO5S/c1-5-6-10(2)20-13-8-7-11(9-12(13)14(16)17)21(18,19)15(3)4/h7-10H,5-6H2,1-4H3,(H,16,17). The lowest BCUT2D eigenvalue weighted by Gasteiger charge is -2.17. The van der Waals surface area contributed by atoms with E-state index in [9.17, 15) is 18.3 Å². The van der Waals surface area contributed by atoms with E-state index >= 15 is 0 Å². The molecule has 0 spiro atoms. The third-order valence-electron chi connectivity index (χ3n) is 2.98. The van der Waals surface area contributed by atoms with E-state index in [0.29, 0.717) is 0 Å². The van der Waals surface area contributed by atoms with E-state index in [0.717, 1.165) is 23.2 Å². The lowest BCUT2D eigenvalue weighted by Crippen LogP contribution is -2.22. The van der Waals surface area contributed by atoms with Gasteiger partial charge in [0.05, 0.1) is 11.0 Å². The lowest BCUT2D eigenvalue weighted by molar-refractivity contribution is 0.0689. The zero-order valence-electron chi connectivity index (χ0n) is 12.7. The molecule has 0 aromatic heterocycles. The number of rotatable bonds is 7. The van der Waals surface area contributed by atoms with Gasteiger partial charge in [0.2, 0.25) is 10.0 Å². The molecule has 1 atom stereocenters. The van der Waals surface area contributed by atoms with Crippen LogP contribution in [-0.4, -0.2) is 44.0 Å². The van der Waals surface area contributed by atoms with Crippen LogP contribution in [0.2, 0.25) is 0 Å². The zero-order valence-corrected chi connectivity index (χ0v) is 13.5. The van der Waals surface area contributed by atoms with Crippen molar-refractivity contribution in [2.75, 3.05) is 14.1 Å². The van der Waals surface area contributed by atoms with Crippen LogP contribution in [0.5, 0.6) is 5.75 Å². The van der Waals surface area contributed by atoms with Crippen molar-refractivity contribution < 1.29 is 23.1 Å². The Hall–Kier alpha value is -1.60. The highest BCUT2D eigenvalue weighted by atomic mass is 32.2. The van der Waals surface area contributed by atoms with Crippen LogP contribution in [0.1, 0.15) is 37.0 Å². The Bertz CT molecular complexity index is 610. The maximum Gasteiger partial charge on any atom is 0.339 e. The number of hydrogen-bond acceptors (Lipinski definition) is 4. The number of carboxylic acids is 1. The average molecular weight is 315 g/mol. The van der Waals surface area contributed by atoms with Gasteiger partial charge in [-0.25, -0.2) is 17.5 Å². The average Bonchev–Trinajstić information content (AvgIpc) is 2.38. The SMILES string of the molecule is CCCC(C)Oc1ccc(S(=O)(=O)N(C)C)cc1C(=O)O. The zero-order chi connectivity index (χ0) is 16.2. The molecule has 1 rings (SSSR count). The number of ether oxygens (including phenoxy) is 1. The highest BCUT2D eigenvalue weighted by molar-refractivity contribution is 7.89. The summed E-state index contributed by atoms with van der Waals surface area (Å²) in [7, 11) is -0.889. The van der Waals surface area contributed by atoms with Gasteiger partial charge in [-0.3, -0.25) is 0 Å². The highest BCUT2D eigenvalue weighted by Gasteiger charge is 2.22. The van der Waals surface area contributed by atoms with Crippen LogP contribution in [0, 0.1) is 0 Å². The lowest BCUT2D eigenvalue weighted by atomic mass is 10.2. The molecule has 0 aliphatic rings. The molecule has 1 N–H and O–H groups in total. The molecule has 0 saturated carbocycles. The van der Waals surface area contributed by atoms with Crippen molar-refractivity contribution in [3.8, 4) is 5.75 Å². The van der Waals surface area contributed by atoms with E-state index < -0.39 is 16.0 Å². The molecule has 0 saturated heterocycles. The fraction of sp³-hybridized carbons (Fsp3) is 0.500. The third-order valence-corrected chi connectivity index (χ3v) is 4.79. The number of carboxylic acid groups (broad SMARTS) is 1. The molecule has 0 bridgehead atoms. The molecule has 0 radical (unpaired) electrons. The smallest absolute Gasteiger partial charge is 0.339 e. The molecule has 0 aliphatic heterocycles. The van der Waals surface area contributed by atoms with Gasteiger partial charge in [0.15, 0.2) is 0 Å². The van der Waals surface area contributed by atoms with Crippen molar-refractivity contribution in [2.24, 2.45) is 0 Å². The summed E-state index contributed by atoms with van der Waals surface area (Å²) in [5.74, 6) is -1.04. The van der Waals surface area contributed by atoms with Crippen LogP contribution < -0.4 is 4.74 Å². The predicted molar refractivity (Wildman–Crippen MR) is 79.3 cm³/mol. The molecule has 0 heterocycles. The first-order chi connectivity index (χ1) is 9.70. The molecular formula is C14H21NO5S. The highest BCUT2D eigenvalue weighted by Crippen LogP contribution is 2.25. The van der Waals surface area contributed by atoms with E-state index in [1.165, 1.54) is 26.2 Å². The van der Waals surface area contributed by atoms with Gasteiger partial charge in [-0.2, -0.15) is 0 Å². The molecule has 1 aromatic carbocycles. The fourth-order valence-electron chi connectivity index (χ4n) is 1.83. The van der Waals surface area contributed by atoms with Gasteiger partial charge >= 0.3 is 5.97 Å². The summed E-state index contributed by atoms with van der Waals surface area (Å²) in [5.41, 5.74) is -0.152. The second-order valence-electron chi connectivity index (χ2n) is 4.97. The Morgan fingerprint density at radius 3 is 2.48 bits per heavy atom. The number of benzene rings is 1. The minimum atomic E-state index is -3.67. The summed E-state index contributed by atoms with van der Waals surface area (Å²) in [6, 6.07) is 3.88. The molecule has 7 heteroatoms. The minimum Gasteiger partial charge on any atom is -0.490 e. The predicted octanol–water partition coefficient (Wildman–Crippen LogP) is 2.20. The first-order valence-corrected chi connectivity index (χ1v) is 8.10. The van der Waals surface area contributed by atoms with Crippen molar-refractivity contribution >= 4 is 16.0 Å². The Kier molecular flexibility index (Phi) is 5.74. The van der Waals surface area contributed by atoms with E-state index in [1.807, 2.05) is 13.8 Å². The van der Waals surface area contributed by atoms with Crippen molar-refractivity contribution in [2.45, 2.75) is 37.7 Å². The monoisotopic (exact) mass is 315 g/mol. The summed E-state index contributed by atoms with van der Waals surface area (Å²) in [4.78, 5) is 11.3. The number of hydrogen-bond donors (Lipinski definition) is 1. The minimum absolute atomic E-state index is 0.0691. The Morgan fingerprint density at radius 2 is 2.00 bits per heavy atom. The van der Waals surface area contributed by atoms with Gasteiger partial charge in [-0.15, -0.1) is 0 Å². The Morgan fingerprint density at radius 1 is 1.38 bits per heavy atom. The van der Waals surface area contributed by atoms with Gasteiger partial charge in [-0.1, -0.05) is 13.3 Å². The molecule has 0 aliphatic carbocycles. The van der Waals surface area contributed by atoms with Crippen LogP contribution in [0.4, 0.5) is 0 Å². The van der Waals surface area contributed by atoms with Crippen molar-refractivity contribution in [1.29, 1.82) is 0 Å². The van der Waals surface area contributed by atoms with Crippen LogP contribution >= 0.6 is 0 Å². The molecule has 0 fully saturated rings. The van der Waals surface area contributed by atoms with E-state index in [4.69, 9.17) is 4.74 Å². The number of sulfonamides is 1. The van der Waals surface area contributed by atoms with E-state index in [-0.39, 0.29) is 22.3 Å². The van der Waals surface area contributed by atoms with Crippen LogP contribution in [0.15, 0.2) is 23.1 Å². The molecule has 1 unspecified atom stereocenters. The quantitative estimate of drug-likeness (QED) is 0.834. The first kappa shape index (κ1) is 17.5.